The monoisotopic (exact) mass is 399 g/mol. The fourth-order valence-electron chi connectivity index (χ4n) is 3.48. The molecule has 158 valence electrons. The van der Waals surface area contributed by atoms with Crippen molar-refractivity contribution in [2.45, 2.75) is 51.5 Å². The van der Waals surface area contributed by atoms with E-state index in [2.05, 4.69) is 74.9 Å². The molecule has 0 saturated carbocycles. The molecule has 0 bridgehead atoms. The summed E-state index contributed by atoms with van der Waals surface area (Å²) in [5, 5.41) is 11.5. The van der Waals surface area contributed by atoms with Crippen LogP contribution in [0.3, 0.4) is 0 Å². The third-order valence-corrected chi connectivity index (χ3v) is 5.33. The lowest BCUT2D eigenvalue weighted by atomic mass is 10.1. The quantitative estimate of drug-likeness (QED) is 0.516. The molecule has 3 rings (SSSR count). The Labute approximate surface area is 173 Å². The number of hydrogen-bond acceptors (Lipinski definition) is 5. The fourth-order valence-corrected chi connectivity index (χ4v) is 3.48. The highest BCUT2D eigenvalue weighted by molar-refractivity contribution is 5.80. The van der Waals surface area contributed by atoms with E-state index < -0.39 is 0 Å². The van der Waals surface area contributed by atoms with Gasteiger partial charge >= 0.3 is 0 Å². The molecule has 8 heteroatoms. The minimum absolute atomic E-state index is 0.281. The molecule has 0 spiro atoms. The van der Waals surface area contributed by atoms with Crippen molar-refractivity contribution in [2.75, 3.05) is 27.7 Å². The van der Waals surface area contributed by atoms with Crippen molar-refractivity contribution in [2.24, 2.45) is 4.99 Å². The zero-order chi connectivity index (χ0) is 20.6. The molecular formula is C21H33N7O. The van der Waals surface area contributed by atoms with Gasteiger partial charge in [-0.15, -0.1) is 0 Å². The highest BCUT2D eigenvalue weighted by Crippen LogP contribution is 2.13. The summed E-state index contributed by atoms with van der Waals surface area (Å²) in [6, 6.07) is 11.2. The van der Waals surface area contributed by atoms with Crippen molar-refractivity contribution in [3.8, 4) is 0 Å². The molecule has 0 radical (unpaired) electrons. The Morgan fingerprint density at radius 1 is 1.38 bits per heavy atom. The number of likely N-dealkylation sites (N-methyl/N-ethyl adjacent to an activating group) is 1. The van der Waals surface area contributed by atoms with E-state index in [4.69, 9.17) is 4.74 Å². The van der Waals surface area contributed by atoms with Gasteiger partial charge in [0.05, 0.1) is 6.54 Å². The number of rotatable bonds is 8. The Morgan fingerprint density at radius 2 is 2.17 bits per heavy atom. The number of aromatic nitrogens is 3. The van der Waals surface area contributed by atoms with Crippen LogP contribution in [0.5, 0.6) is 0 Å². The van der Waals surface area contributed by atoms with Crippen molar-refractivity contribution in [3.63, 3.8) is 0 Å². The average Bonchev–Trinajstić information content (AvgIpc) is 3.13. The number of benzene rings is 1. The molecule has 0 saturated heterocycles. The van der Waals surface area contributed by atoms with Crippen molar-refractivity contribution >= 4 is 5.96 Å². The second-order valence-electron chi connectivity index (χ2n) is 7.64. The van der Waals surface area contributed by atoms with Gasteiger partial charge in [-0.25, -0.2) is 9.67 Å². The van der Waals surface area contributed by atoms with E-state index in [-0.39, 0.29) is 6.04 Å². The van der Waals surface area contributed by atoms with Gasteiger partial charge in [-0.3, -0.25) is 9.89 Å². The summed E-state index contributed by atoms with van der Waals surface area (Å²) in [6.07, 6.45) is 1.91. The SMILES string of the molecule is CN=C(NCC(C)N(C)Cc1ccccc1)NC1CCc2nc(COC)nn2C1. The Bertz CT molecular complexity index is 790. The first-order chi connectivity index (χ1) is 14.1. The minimum atomic E-state index is 0.281. The van der Waals surface area contributed by atoms with Gasteiger partial charge in [-0.05, 0) is 26.0 Å². The maximum atomic E-state index is 5.14. The van der Waals surface area contributed by atoms with Crippen LogP contribution in [-0.2, 0) is 30.9 Å². The summed E-state index contributed by atoms with van der Waals surface area (Å²) in [7, 11) is 5.63. The molecule has 1 aliphatic heterocycles. The first-order valence-corrected chi connectivity index (χ1v) is 10.2. The molecule has 1 aromatic heterocycles. The number of aryl methyl sites for hydroxylation is 1. The average molecular weight is 400 g/mol. The Morgan fingerprint density at radius 3 is 2.90 bits per heavy atom. The number of hydrogen-bond donors (Lipinski definition) is 2. The van der Waals surface area contributed by atoms with Gasteiger partial charge in [-0.1, -0.05) is 30.3 Å². The van der Waals surface area contributed by atoms with Crippen molar-refractivity contribution in [1.29, 1.82) is 0 Å². The van der Waals surface area contributed by atoms with Gasteiger partial charge < -0.3 is 15.4 Å². The zero-order valence-electron chi connectivity index (χ0n) is 17.9. The third-order valence-electron chi connectivity index (χ3n) is 5.33. The van der Waals surface area contributed by atoms with E-state index >= 15 is 0 Å². The minimum Gasteiger partial charge on any atom is -0.377 e. The lowest BCUT2D eigenvalue weighted by Gasteiger charge is -2.28. The first kappa shape index (κ1) is 21.3. The Balaban J connectivity index is 1.46. The van der Waals surface area contributed by atoms with Crippen LogP contribution in [0.2, 0.25) is 0 Å². The molecule has 1 aliphatic rings. The summed E-state index contributed by atoms with van der Waals surface area (Å²) in [5.41, 5.74) is 1.32. The summed E-state index contributed by atoms with van der Waals surface area (Å²) in [4.78, 5) is 11.3. The number of fused-ring (bicyclic) bond motifs is 1. The Kier molecular flexibility index (Phi) is 7.60. The number of ether oxygens (including phenoxy) is 1. The highest BCUT2D eigenvalue weighted by Gasteiger charge is 2.22. The summed E-state index contributed by atoms with van der Waals surface area (Å²) in [6.45, 7) is 5.22. The van der Waals surface area contributed by atoms with Crippen LogP contribution in [0.15, 0.2) is 35.3 Å². The topological polar surface area (TPSA) is 79.6 Å². The van der Waals surface area contributed by atoms with Crippen LogP contribution in [0.1, 0.15) is 30.6 Å². The molecule has 2 aromatic rings. The number of nitrogens with zero attached hydrogens (tertiary/aromatic N) is 5. The van der Waals surface area contributed by atoms with Crippen LogP contribution >= 0.6 is 0 Å². The van der Waals surface area contributed by atoms with Gasteiger partial charge in [0, 0.05) is 45.8 Å². The summed E-state index contributed by atoms with van der Waals surface area (Å²) in [5.74, 6) is 2.62. The normalized spacial score (nSPS) is 17.8. The maximum Gasteiger partial charge on any atom is 0.191 e. The van der Waals surface area contributed by atoms with E-state index in [1.807, 2.05) is 11.7 Å². The molecule has 2 heterocycles. The largest absolute Gasteiger partial charge is 0.377 e. The number of methoxy groups -OCH3 is 1. The van der Waals surface area contributed by atoms with E-state index in [1.165, 1.54) is 5.56 Å². The smallest absolute Gasteiger partial charge is 0.191 e. The predicted molar refractivity (Wildman–Crippen MR) is 115 cm³/mol. The molecule has 2 unspecified atom stereocenters. The molecule has 29 heavy (non-hydrogen) atoms. The first-order valence-electron chi connectivity index (χ1n) is 10.2. The molecule has 2 N–H and O–H groups in total. The van der Waals surface area contributed by atoms with Crippen molar-refractivity contribution in [3.05, 3.63) is 47.5 Å². The fraction of sp³-hybridized carbons (Fsp3) is 0.571. The van der Waals surface area contributed by atoms with E-state index in [1.54, 1.807) is 7.11 Å². The molecule has 8 nitrogen and oxygen atoms in total. The standard InChI is InChI=1S/C21H33N7O/c1-16(27(3)13-17-8-6-5-7-9-17)12-23-21(22-2)24-18-10-11-20-25-19(15-29-4)26-28(20)14-18/h5-9,16,18H,10-15H2,1-4H3,(H2,22,23,24). The van der Waals surface area contributed by atoms with Crippen molar-refractivity contribution < 1.29 is 4.74 Å². The third kappa shape index (κ3) is 6.01. The van der Waals surface area contributed by atoms with Crippen molar-refractivity contribution in [1.82, 2.24) is 30.3 Å². The van der Waals surface area contributed by atoms with Crippen LogP contribution < -0.4 is 10.6 Å². The molecule has 0 aliphatic carbocycles. The lowest BCUT2D eigenvalue weighted by molar-refractivity contribution is 0.177. The molecule has 0 fully saturated rings. The molecular weight excluding hydrogens is 366 g/mol. The van der Waals surface area contributed by atoms with Gasteiger partial charge in [-0.2, -0.15) is 5.10 Å². The van der Waals surface area contributed by atoms with Gasteiger partial charge in [0.1, 0.15) is 12.4 Å². The van der Waals surface area contributed by atoms with E-state index in [9.17, 15) is 0 Å². The van der Waals surface area contributed by atoms with Crippen LogP contribution in [0.4, 0.5) is 0 Å². The summed E-state index contributed by atoms with van der Waals surface area (Å²) < 4.78 is 7.12. The lowest BCUT2D eigenvalue weighted by Crippen LogP contribution is -2.49. The van der Waals surface area contributed by atoms with Crippen LogP contribution in [0.25, 0.3) is 0 Å². The second-order valence-corrected chi connectivity index (χ2v) is 7.64. The van der Waals surface area contributed by atoms with Crippen LogP contribution in [-0.4, -0.2) is 65.5 Å². The Hall–Kier alpha value is -2.45. The number of nitrogens with one attached hydrogen (secondary N) is 2. The van der Waals surface area contributed by atoms with E-state index in [0.29, 0.717) is 12.6 Å². The molecule has 0 amide bonds. The molecule has 2 atom stereocenters. The summed E-state index contributed by atoms with van der Waals surface area (Å²) >= 11 is 0. The zero-order valence-corrected chi connectivity index (χ0v) is 17.9. The van der Waals surface area contributed by atoms with Gasteiger partial charge in [0.25, 0.3) is 0 Å². The number of aliphatic imine (C=N–C) groups is 1. The van der Waals surface area contributed by atoms with E-state index in [0.717, 1.165) is 50.1 Å². The predicted octanol–water partition coefficient (Wildman–Crippen LogP) is 1.42. The van der Waals surface area contributed by atoms with Gasteiger partial charge in [0.2, 0.25) is 0 Å². The second kappa shape index (κ2) is 10.4. The highest BCUT2D eigenvalue weighted by atomic mass is 16.5. The maximum absolute atomic E-state index is 5.14. The number of guanidine groups is 1. The molecule has 1 aromatic carbocycles. The van der Waals surface area contributed by atoms with Gasteiger partial charge in [0.15, 0.2) is 11.8 Å². The van der Waals surface area contributed by atoms with Crippen LogP contribution in [0, 0.1) is 0 Å².